The number of imidazole rings is 1. The Morgan fingerprint density at radius 3 is 2.74 bits per heavy atom. The fourth-order valence-electron chi connectivity index (χ4n) is 2.33. The van der Waals surface area contributed by atoms with Crippen LogP contribution in [0.15, 0.2) is 24.5 Å². The topological polar surface area (TPSA) is 108 Å². The molecule has 0 aliphatic carbocycles. The molecule has 1 aromatic carbocycles. The summed E-state index contributed by atoms with van der Waals surface area (Å²) in [4.78, 5) is 4.10. The summed E-state index contributed by atoms with van der Waals surface area (Å²) >= 11 is 0. The average Bonchev–Trinajstić information content (AvgIpc) is 2.92. The minimum absolute atomic E-state index is 0.0962. The van der Waals surface area contributed by atoms with E-state index in [0.717, 1.165) is 0 Å². The van der Waals surface area contributed by atoms with Gasteiger partial charge in [-0.3, -0.25) is 0 Å². The summed E-state index contributed by atoms with van der Waals surface area (Å²) in [5, 5.41) is 38.1. The number of fused-ring (bicyclic) bond motifs is 1. The van der Waals surface area contributed by atoms with E-state index in [0.29, 0.717) is 11.0 Å². The number of rotatable bonds is 2. The summed E-state index contributed by atoms with van der Waals surface area (Å²) in [5.74, 6) is 0.0962. The third kappa shape index (κ3) is 1.87. The van der Waals surface area contributed by atoms with Crippen molar-refractivity contribution in [3.8, 4) is 5.75 Å². The Bertz CT molecular complexity index is 599. The second-order valence-electron chi connectivity index (χ2n) is 4.55. The summed E-state index contributed by atoms with van der Waals surface area (Å²) in [5.41, 5.74) is 1.21. The zero-order valence-electron chi connectivity index (χ0n) is 9.92. The molecular formula is C12H14N2O5. The molecule has 1 fully saturated rings. The van der Waals surface area contributed by atoms with Gasteiger partial charge in [0.15, 0.2) is 6.23 Å². The van der Waals surface area contributed by atoms with Crippen molar-refractivity contribution in [2.45, 2.75) is 24.5 Å². The van der Waals surface area contributed by atoms with Crippen LogP contribution >= 0.6 is 0 Å². The Kier molecular flexibility index (Phi) is 2.90. The van der Waals surface area contributed by atoms with Gasteiger partial charge in [-0.05, 0) is 12.1 Å². The molecule has 3 rings (SSSR count). The normalized spacial score (nSPS) is 31.1. The van der Waals surface area contributed by atoms with Crippen LogP contribution in [0, 0.1) is 0 Å². The molecule has 4 N–H and O–H groups in total. The fraction of sp³-hybridized carbons (Fsp3) is 0.417. The van der Waals surface area contributed by atoms with E-state index in [4.69, 9.17) is 9.84 Å². The zero-order chi connectivity index (χ0) is 13.6. The highest BCUT2D eigenvalue weighted by Gasteiger charge is 2.43. The molecular weight excluding hydrogens is 252 g/mol. The second-order valence-corrected chi connectivity index (χ2v) is 4.55. The first kappa shape index (κ1) is 12.4. The van der Waals surface area contributed by atoms with Crippen LogP contribution in [0.25, 0.3) is 11.0 Å². The van der Waals surface area contributed by atoms with E-state index in [9.17, 15) is 15.3 Å². The number of nitrogens with zero attached hydrogens (tertiary/aromatic N) is 2. The molecule has 1 aliphatic rings. The van der Waals surface area contributed by atoms with E-state index in [-0.39, 0.29) is 12.4 Å². The van der Waals surface area contributed by atoms with Crippen molar-refractivity contribution in [3.63, 3.8) is 0 Å². The third-order valence-electron chi connectivity index (χ3n) is 3.35. The zero-order valence-corrected chi connectivity index (χ0v) is 9.92. The smallest absolute Gasteiger partial charge is 0.164 e. The number of ether oxygens (including phenoxy) is 1. The van der Waals surface area contributed by atoms with Crippen molar-refractivity contribution in [2.24, 2.45) is 0 Å². The van der Waals surface area contributed by atoms with Crippen LogP contribution in [0.3, 0.4) is 0 Å². The summed E-state index contributed by atoms with van der Waals surface area (Å²) in [6.45, 7) is -0.373. The van der Waals surface area contributed by atoms with Crippen LogP contribution in [-0.2, 0) is 4.74 Å². The molecule has 19 heavy (non-hydrogen) atoms. The highest BCUT2D eigenvalue weighted by Crippen LogP contribution is 2.32. The molecule has 7 nitrogen and oxygen atoms in total. The highest BCUT2D eigenvalue weighted by molar-refractivity contribution is 5.77. The lowest BCUT2D eigenvalue weighted by atomic mass is 10.1. The van der Waals surface area contributed by atoms with Crippen LogP contribution in [-0.4, -0.2) is 54.9 Å². The lowest BCUT2D eigenvalue weighted by molar-refractivity contribution is -0.0508. The first-order valence-corrected chi connectivity index (χ1v) is 5.90. The van der Waals surface area contributed by atoms with Crippen molar-refractivity contribution < 1.29 is 25.2 Å². The molecule has 0 bridgehead atoms. The molecule has 102 valence electrons. The average molecular weight is 266 g/mol. The van der Waals surface area contributed by atoms with Gasteiger partial charge in [-0.15, -0.1) is 0 Å². The highest BCUT2D eigenvalue weighted by atomic mass is 16.6. The maximum absolute atomic E-state index is 9.96. The second kappa shape index (κ2) is 4.46. The number of phenols is 1. The van der Waals surface area contributed by atoms with Crippen molar-refractivity contribution in [1.82, 2.24) is 9.55 Å². The van der Waals surface area contributed by atoms with E-state index in [2.05, 4.69) is 4.98 Å². The molecule has 0 unspecified atom stereocenters. The minimum atomic E-state index is -1.15. The molecule has 0 radical (unpaired) electrons. The molecule has 1 saturated heterocycles. The minimum Gasteiger partial charge on any atom is -0.508 e. The summed E-state index contributed by atoms with van der Waals surface area (Å²) in [7, 11) is 0. The molecule has 1 aliphatic heterocycles. The van der Waals surface area contributed by atoms with Crippen molar-refractivity contribution >= 4 is 11.0 Å². The van der Waals surface area contributed by atoms with E-state index >= 15 is 0 Å². The molecule has 1 aromatic heterocycles. The van der Waals surface area contributed by atoms with Gasteiger partial charge < -0.3 is 29.7 Å². The Hall–Kier alpha value is -1.67. The van der Waals surface area contributed by atoms with Gasteiger partial charge in [0.05, 0.1) is 24.0 Å². The predicted molar refractivity (Wildman–Crippen MR) is 64.4 cm³/mol. The quantitative estimate of drug-likeness (QED) is 0.575. The molecule has 0 saturated carbocycles. The monoisotopic (exact) mass is 266 g/mol. The fourth-order valence-corrected chi connectivity index (χ4v) is 2.33. The van der Waals surface area contributed by atoms with Gasteiger partial charge >= 0.3 is 0 Å². The van der Waals surface area contributed by atoms with Crippen LogP contribution in [0.5, 0.6) is 5.75 Å². The van der Waals surface area contributed by atoms with Gasteiger partial charge in [-0.2, -0.15) is 0 Å². The molecule has 2 heterocycles. The molecule has 7 heteroatoms. The molecule has 0 spiro atoms. The van der Waals surface area contributed by atoms with Gasteiger partial charge in [0.25, 0.3) is 0 Å². The largest absolute Gasteiger partial charge is 0.508 e. The number of phenolic OH excluding ortho intramolecular Hbond substituents is 1. The Labute approximate surface area is 108 Å². The van der Waals surface area contributed by atoms with E-state index in [1.54, 1.807) is 10.6 Å². The molecule has 0 amide bonds. The van der Waals surface area contributed by atoms with Gasteiger partial charge in [-0.1, -0.05) is 0 Å². The van der Waals surface area contributed by atoms with E-state index in [1.165, 1.54) is 18.5 Å². The first-order chi connectivity index (χ1) is 9.11. The SMILES string of the molecule is OC[C@H]1O[C@H](n2cnc3cc(O)ccc32)[C@H](O)[C@@H]1O. The number of aromatic hydroxyl groups is 1. The van der Waals surface area contributed by atoms with Crippen molar-refractivity contribution in [3.05, 3.63) is 24.5 Å². The lowest BCUT2D eigenvalue weighted by Crippen LogP contribution is -2.33. The number of benzene rings is 1. The summed E-state index contributed by atoms with van der Waals surface area (Å²) in [6, 6.07) is 4.64. The maximum atomic E-state index is 9.96. The van der Waals surface area contributed by atoms with Gasteiger partial charge in [-0.25, -0.2) is 4.98 Å². The summed E-state index contributed by atoms with van der Waals surface area (Å²) in [6.07, 6.45) is -2.48. The molecule has 4 atom stereocenters. The predicted octanol–water partition coefficient (Wildman–Crippen LogP) is -0.647. The maximum Gasteiger partial charge on any atom is 0.164 e. The molecule has 2 aromatic rings. The van der Waals surface area contributed by atoms with Crippen LogP contribution < -0.4 is 0 Å². The Morgan fingerprint density at radius 1 is 1.26 bits per heavy atom. The number of aliphatic hydroxyl groups is 3. The van der Waals surface area contributed by atoms with Gasteiger partial charge in [0.1, 0.15) is 24.1 Å². The van der Waals surface area contributed by atoms with E-state index < -0.39 is 24.5 Å². The number of aliphatic hydroxyl groups excluding tert-OH is 3. The number of aromatic nitrogens is 2. The van der Waals surface area contributed by atoms with Crippen LogP contribution in [0.1, 0.15) is 6.23 Å². The first-order valence-electron chi connectivity index (χ1n) is 5.90. The number of hydrogen-bond acceptors (Lipinski definition) is 6. The van der Waals surface area contributed by atoms with Crippen molar-refractivity contribution in [1.29, 1.82) is 0 Å². The van der Waals surface area contributed by atoms with Crippen LogP contribution in [0.2, 0.25) is 0 Å². The Morgan fingerprint density at radius 2 is 2.05 bits per heavy atom. The Balaban J connectivity index is 2.01. The summed E-state index contributed by atoms with van der Waals surface area (Å²) < 4.78 is 7.00. The lowest BCUT2D eigenvalue weighted by Gasteiger charge is -2.16. The third-order valence-corrected chi connectivity index (χ3v) is 3.35. The van der Waals surface area contributed by atoms with E-state index in [1.807, 2.05) is 0 Å². The standard InChI is InChI=1S/C12H14N2O5/c15-4-9-10(17)11(18)12(19-9)14-5-13-7-3-6(16)1-2-8(7)14/h1-3,5,9-12,15-18H,4H2/t9-,10-,11-,12+/m1/s1. The number of hydrogen-bond donors (Lipinski definition) is 4. The van der Waals surface area contributed by atoms with Crippen LogP contribution in [0.4, 0.5) is 0 Å². The van der Waals surface area contributed by atoms with Gasteiger partial charge in [0, 0.05) is 6.07 Å². The van der Waals surface area contributed by atoms with Gasteiger partial charge in [0.2, 0.25) is 0 Å². The van der Waals surface area contributed by atoms with Crippen molar-refractivity contribution in [2.75, 3.05) is 6.61 Å².